The van der Waals surface area contributed by atoms with Crippen LogP contribution in [0.2, 0.25) is 5.02 Å². The molecular formula is C18H20ClN3O4. The molecule has 3 N–H and O–H groups in total. The van der Waals surface area contributed by atoms with Crippen LogP contribution < -0.4 is 25.6 Å². The zero-order chi connectivity index (χ0) is 19.1. The highest BCUT2D eigenvalue weighted by atomic mass is 35.5. The van der Waals surface area contributed by atoms with Crippen molar-refractivity contribution >= 4 is 23.5 Å². The van der Waals surface area contributed by atoms with Crippen LogP contribution in [0.3, 0.4) is 0 Å². The number of rotatable bonds is 5. The fraction of sp³-hybridized carbons (Fsp3) is 0.222. The predicted octanol–water partition coefficient (Wildman–Crippen LogP) is 3.06. The Balaban J connectivity index is 1.90. The molecule has 0 aliphatic rings. The molecule has 2 aromatic rings. The number of hydrogen-bond acceptors (Lipinski definition) is 4. The van der Waals surface area contributed by atoms with Crippen LogP contribution in [0.25, 0.3) is 0 Å². The molecule has 26 heavy (non-hydrogen) atoms. The summed E-state index contributed by atoms with van der Waals surface area (Å²) in [6, 6.07) is 11.0. The van der Waals surface area contributed by atoms with Gasteiger partial charge in [-0.15, -0.1) is 0 Å². The van der Waals surface area contributed by atoms with Crippen molar-refractivity contribution in [2.24, 2.45) is 0 Å². The first-order valence-electron chi connectivity index (χ1n) is 7.79. The van der Waals surface area contributed by atoms with Gasteiger partial charge in [0.2, 0.25) is 0 Å². The molecule has 138 valence electrons. The van der Waals surface area contributed by atoms with Gasteiger partial charge in [-0.2, -0.15) is 0 Å². The van der Waals surface area contributed by atoms with Gasteiger partial charge in [-0.25, -0.2) is 10.2 Å². The van der Waals surface area contributed by atoms with E-state index in [2.05, 4.69) is 16.2 Å². The molecule has 0 heterocycles. The lowest BCUT2D eigenvalue weighted by molar-refractivity contribution is 0.0935. The second kappa shape index (κ2) is 8.96. The Labute approximate surface area is 156 Å². The van der Waals surface area contributed by atoms with Gasteiger partial charge in [-0.1, -0.05) is 23.7 Å². The number of methoxy groups -OCH3 is 2. The minimum atomic E-state index is -0.540. The fourth-order valence-corrected chi connectivity index (χ4v) is 2.36. The molecule has 0 spiro atoms. The van der Waals surface area contributed by atoms with E-state index in [4.69, 9.17) is 21.1 Å². The molecule has 3 amide bonds. The van der Waals surface area contributed by atoms with Crippen LogP contribution in [0.5, 0.6) is 11.5 Å². The van der Waals surface area contributed by atoms with Gasteiger partial charge in [0.1, 0.15) is 0 Å². The molecule has 0 saturated heterocycles. The highest BCUT2D eigenvalue weighted by Crippen LogP contribution is 2.27. The Morgan fingerprint density at radius 2 is 1.62 bits per heavy atom. The van der Waals surface area contributed by atoms with E-state index in [1.54, 1.807) is 24.3 Å². The molecule has 2 rings (SSSR count). The van der Waals surface area contributed by atoms with Crippen molar-refractivity contribution in [3.8, 4) is 11.5 Å². The lowest BCUT2D eigenvalue weighted by Gasteiger charge is -2.16. The lowest BCUT2D eigenvalue weighted by Crippen LogP contribution is -2.47. The first-order valence-corrected chi connectivity index (χ1v) is 8.16. The molecule has 2 aromatic carbocycles. The number of carbonyl (C=O) groups excluding carboxylic acids is 2. The van der Waals surface area contributed by atoms with Gasteiger partial charge in [-0.05, 0) is 42.8 Å². The molecule has 0 aliphatic heterocycles. The molecule has 0 aliphatic carbocycles. The van der Waals surface area contributed by atoms with E-state index in [1.807, 2.05) is 19.1 Å². The number of hydrazine groups is 1. The number of carbonyl (C=O) groups is 2. The summed E-state index contributed by atoms with van der Waals surface area (Å²) in [6.45, 7) is 1.82. The van der Waals surface area contributed by atoms with E-state index in [1.165, 1.54) is 20.3 Å². The number of benzene rings is 2. The quantitative estimate of drug-likeness (QED) is 0.699. The Morgan fingerprint density at radius 3 is 2.23 bits per heavy atom. The largest absolute Gasteiger partial charge is 0.493 e. The van der Waals surface area contributed by atoms with Crippen molar-refractivity contribution in [1.82, 2.24) is 16.2 Å². The zero-order valence-electron chi connectivity index (χ0n) is 14.6. The summed E-state index contributed by atoms with van der Waals surface area (Å²) in [5.41, 5.74) is 5.84. The second-order valence-corrected chi connectivity index (χ2v) is 5.83. The third-order valence-corrected chi connectivity index (χ3v) is 3.90. The Bertz CT molecular complexity index is 781. The maximum absolute atomic E-state index is 12.1. The zero-order valence-corrected chi connectivity index (χ0v) is 15.4. The normalized spacial score (nSPS) is 11.2. The van der Waals surface area contributed by atoms with Gasteiger partial charge in [-0.3, -0.25) is 10.2 Å². The number of nitrogens with one attached hydrogen (secondary N) is 3. The van der Waals surface area contributed by atoms with Crippen molar-refractivity contribution in [1.29, 1.82) is 0 Å². The number of ether oxygens (including phenoxy) is 2. The van der Waals surface area contributed by atoms with Crippen LogP contribution >= 0.6 is 11.6 Å². The summed E-state index contributed by atoms with van der Waals surface area (Å²) in [5, 5.41) is 3.33. The summed E-state index contributed by atoms with van der Waals surface area (Å²) in [4.78, 5) is 24.1. The topological polar surface area (TPSA) is 88.7 Å². The van der Waals surface area contributed by atoms with Gasteiger partial charge in [0.15, 0.2) is 11.5 Å². The molecule has 0 radical (unpaired) electrons. The maximum atomic E-state index is 12.1. The fourth-order valence-electron chi connectivity index (χ4n) is 2.23. The minimum Gasteiger partial charge on any atom is -0.493 e. The van der Waals surface area contributed by atoms with Crippen LogP contribution in [0.1, 0.15) is 28.9 Å². The van der Waals surface area contributed by atoms with Crippen molar-refractivity contribution < 1.29 is 19.1 Å². The third kappa shape index (κ3) is 5.03. The van der Waals surface area contributed by atoms with Crippen molar-refractivity contribution in [3.05, 3.63) is 58.6 Å². The summed E-state index contributed by atoms with van der Waals surface area (Å²) < 4.78 is 10.3. The maximum Gasteiger partial charge on any atom is 0.333 e. The van der Waals surface area contributed by atoms with E-state index in [9.17, 15) is 9.59 Å². The molecule has 0 fully saturated rings. The van der Waals surface area contributed by atoms with E-state index < -0.39 is 11.9 Å². The monoisotopic (exact) mass is 377 g/mol. The van der Waals surface area contributed by atoms with E-state index >= 15 is 0 Å². The molecule has 0 unspecified atom stereocenters. The van der Waals surface area contributed by atoms with Crippen molar-refractivity contribution in [3.63, 3.8) is 0 Å². The Morgan fingerprint density at radius 1 is 0.962 bits per heavy atom. The Hall–Kier alpha value is -2.93. The van der Waals surface area contributed by atoms with Gasteiger partial charge in [0.05, 0.1) is 20.3 Å². The highest BCUT2D eigenvalue weighted by Gasteiger charge is 2.13. The molecule has 1 atom stereocenters. The van der Waals surface area contributed by atoms with E-state index in [0.717, 1.165) is 5.56 Å². The number of hydrogen-bond donors (Lipinski definition) is 3. The first-order chi connectivity index (χ1) is 12.4. The van der Waals surface area contributed by atoms with Gasteiger partial charge in [0, 0.05) is 10.6 Å². The summed E-state index contributed by atoms with van der Waals surface area (Å²) >= 11 is 5.84. The minimum absolute atomic E-state index is 0.259. The number of amides is 3. The smallest absolute Gasteiger partial charge is 0.333 e. The van der Waals surface area contributed by atoms with Gasteiger partial charge in [0.25, 0.3) is 5.91 Å². The van der Waals surface area contributed by atoms with Gasteiger partial charge < -0.3 is 14.8 Å². The summed E-state index contributed by atoms with van der Waals surface area (Å²) in [6.07, 6.45) is 0. The van der Waals surface area contributed by atoms with Crippen LogP contribution in [-0.4, -0.2) is 26.2 Å². The molecule has 0 bridgehead atoms. The average Bonchev–Trinajstić information content (AvgIpc) is 2.65. The van der Waals surface area contributed by atoms with E-state index in [0.29, 0.717) is 22.1 Å². The third-order valence-electron chi connectivity index (χ3n) is 3.65. The van der Waals surface area contributed by atoms with Crippen molar-refractivity contribution in [2.45, 2.75) is 13.0 Å². The van der Waals surface area contributed by atoms with Crippen LogP contribution in [-0.2, 0) is 0 Å². The SMILES string of the molecule is COc1ccc(C(=O)NNC(=O)N[C@@H](C)c2ccc(Cl)cc2)cc1OC. The van der Waals surface area contributed by atoms with Crippen LogP contribution in [0.4, 0.5) is 4.79 Å². The van der Waals surface area contributed by atoms with Crippen LogP contribution in [0, 0.1) is 0 Å². The molecule has 8 heteroatoms. The second-order valence-electron chi connectivity index (χ2n) is 5.40. The number of halogens is 1. The Kier molecular flexibility index (Phi) is 6.68. The molecule has 0 aromatic heterocycles. The molecular weight excluding hydrogens is 358 g/mol. The summed E-state index contributed by atoms with van der Waals surface area (Å²) in [5.74, 6) is 0.438. The number of urea groups is 1. The average molecular weight is 378 g/mol. The standard InChI is InChI=1S/C18H20ClN3O4/c1-11(12-4-7-14(19)8-5-12)20-18(24)22-21-17(23)13-6-9-15(25-2)16(10-13)26-3/h4-11H,1-3H3,(H,21,23)(H2,20,22,24)/t11-/m0/s1. The highest BCUT2D eigenvalue weighted by molar-refractivity contribution is 6.30. The van der Waals surface area contributed by atoms with Crippen molar-refractivity contribution in [2.75, 3.05) is 14.2 Å². The predicted molar refractivity (Wildman–Crippen MR) is 98.5 cm³/mol. The molecule has 0 saturated carbocycles. The first kappa shape index (κ1) is 19.4. The van der Waals surface area contributed by atoms with Gasteiger partial charge >= 0.3 is 6.03 Å². The van der Waals surface area contributed by atoms with Crippen LogP contribution in [0.15, 0.2) is 42.5 Å². The summed E-state index contributed by atoms with van der Waals surface area (Å²) in [7, 11) is 2.98. The van der Waals surface area contributed by atoms with E-state index in [-0.39, 0.29) is 6.04 Å². The lowest BCUT2D eigenvalue weighted by atomic mass is 10.1. The molecule has 7 nitrogen and oxygen atoms in total.